The fourth-order valence-electron chi connectivity index (χ4n) is 1.87. The summed E-state index contributed by atoms with van der Waals surface area (Å²) in [6.45, 7) is 1.70. The summed E-state index contributed by atoms with van der Waals surface area (Å²) in [5.41, 5.74) is -2.14. The maximum absolute atomic E-state index is 12.8. The van der Waals surface area contributed by atoms with Gasteiger partial charge < -0.3 is 9.73 Å². The second kappa shape index (κ2) is 5.47. The number of nitrogens with one attached hydrogen (secondary N) is 1. The van der Waals surface area contributed by atoms with Gasteiger partial charge in [0.15, 0.2) is 0 Å². The summed E-state index contributed by atoms with van der Waals surface area (Å²) in [4.78, 5) is 9.61. The minimum atomic E-state index is -4.80. The Labute approximate surface area is 117 Å². The van der Waals surface area contributed by atoms with Gasteiger partial charge in [-0.2, -0.15) is 13.2 Å². The van der Waals surface area contributed by atoms with Gasteiger partial charge in [0, 0.05) is 11.8 Å². The van der Waals surface area contributed by atoms with Crippen LogP contribution in [0.1, 0.15) is 24.3 Å². The first kappa shape index (κ1) is 14.9. The number of benzene rings is 1. The van der Waals surface area contributed by atoms with Gasteiger partial charge in [-0.3, -0.25) is 10.1 Å². The molecule has 0 aliphatic carbocycles. The van der Waals surface area contributed by atoms with Crippen LogP contribution < -0.4 is 5.32 Å². The van der Waals surface area contributed by atoms with Crippen molar-refractivity contribution in [1.29, 1.82) is 0 Å². The third-order valence-corrected chi connectivity index (χ3v) is 2.85. The summed E-state index contributed by atoms with van der Waals surface area (Å²) >= 11 is 0. The lowest BCUT2D eigenvalue weighted by Crippen LogP contribution is -2.11. The molecule has 1 N–H and O–H groups in total. The molecule has 21 heavy (non-hydrogen) atoms. The Balaban J connectivity index is 2.32. The van der Waals surface area contributed by atoms with Crippen molar-refractivity contribution in [3.63, 3.8) is 0 Å². The highest BCUT2D eigenvalue weighted by molar-refractivity contribution is 5.55. The molecule has 1 atom stereocenters. The first-order chi connectivity index (χ1) is 9.79. The highest BCUT2D eigenvalue weighted by Crippen LogP contribution is 2.38. The van der Waals surface area contributed by atoms with Crippen molar-refractivity contribution >= 4 is 11.4 Å². The van der Waals surface area contributed by atoms with Gasteiger partial charge in [-0.05, 0) is 31.2 Å². The van der Waals surface area contributed by atoms with Gasteiger partial charge in [-0.1, -0.05) is 0 Å². The first-order valence-corrected chi connectivity index (χ1v) is 5.94. The number of furan rings is 1. The zero-order valence-electron chi connectivity index (χ0n) is 10.8. The third kappa shape index (κ3) is 3.33. The Hall–Kier alpha value is -2.51. The molecule has 0 bridgehead atoms. The predicted octanol–water partition coefficient (Wildman–Crippen LogP) is 4.38. The Morgan fingerprint density at radius 2 is 2.05 bits per heavy atom. The number of alkyl halides is 3. The van der Waals surface area contributed by atoms with Crippen LogP contribution in [0.5, 0.6) is 0 Å². The largest absolute Gasteiger partial charge is 0.467 e. The molecule has 0 radical (unpaired) electrons. The SMILES string of the molecule is CC(Nc1ccc([N+](=O)[O-])c(C(F)(F)F)c1)c1ccco1. The van der Waals surface area contributed by atoms with Crippen molar-refractivity contribution in [3.05, 3.63) is 58.0 Å². The number of hydrogen-bond acceptors (Lipinski definition) is 4. The molecule has 8 heteroatoms. The Morgan fingerprint density at radius 3 is 2.57 bits per heavy atom. The van der Waals surface area contributed by atoms with Gasteiger partial charge in [0.25, 0.3) is 5.69 Å². The topological polar surface area (TPSA) is 68.3 Å². The van der Waals surface area contributed by atoms with Crippen molar-refractivity contribution in [2.24, 2.45) is 0 Å². The molecule has 1 aromatic carbocycles. The van der Waals surface area contributed by atoms with Crippen molar-refractivity contribution < 1.29 is 22.5 Å². The fraction of sp³-hybridized carbons (Fsp3) is 0.231. The van der Waals surface area contributed by atoms with Crippen molar-refractivity contribution in [2.45, 2.75) is 19.1 Å². The highest BCUT2D eigenvalue weighted by Gasteiger charge is 2.38. The zero-order valence-corrected chi connectivity index (χ0v) is 10.8. The van der Waals surface area contributed by atoms with E-state index in [2.05, 4.69) is 5.32 Å². The Kier molecular flexibility index (Phi) is 3.88. The Morgan fingerprint density at radius 1 is 1.33 bits per heavy atom. The van der Waals surface area contributed by atoms with E-state index in [1.165, 1.54) is 12.3 Å². The predicted molar refractivity (Wildman–Crippen MR) is 68.8 cm³/mol. The van der Waals surface area contributed by atoms with Gasteiger partial charge in [0.2, 0.25) is 0 Å². The van der Waals surface area contributed by atoms with E-state index < -0.39 is 22.4 Å². The van der Waals surface area contributed by atoms with Crippen LogP contribution in [0.15, 0.2) is 41.0 Å². The average Bonchev–Trinajstić information content (AvgIpc) is 2.91. The monoisotopic (exact) mass is 300 g/mol. The van der Waals surface area contributed by atoms with Crippen molar-refractivity contribution in [2.75, 3.05) is 5.32 Å². The summed E-state index contributed by atoms with van der Waals surface area (Å²) in [5.74, 6) is 0.543. The number of rotatable bonds is 4. The van der Waals surface area contributed by atoms with Gasteiger partial charge in [0.05, 0.1) is 17.2 Å². The van der Waals surface area contributed by atoms with Crippen LogP contribution in [0.25, 0.3) is 0 Å². The third-order valence-electron chi connectivity index (χ3n) is 2.85. The molecule has 1 heterocycles. The number of nitro groups is 1. The number of nitrogens with zero attached hydrogens (tertiary/aromatic N) is 1. The number of hydrogen-bond donors (Lipinski definition) is 1. The molecule has 0 saturated carbocycles. The van der Waals surface area contributed by atoms with Gasteiger partial charge in [0.1, 0.15) is 11.3 Å². The molecule has 1 unspecified atom stereocenters. The lowest BCUT2D eigenvalue weighted by atomic mass is 10.1. The van der Waals surface area contributed by atoms with E-state index >= 15 is 0 Å². The molecule has 2 rings (SSSR count). The van der Waals surface area contributed by atoms with Crippen LogP contribution in [-0.2, 0) is 6.18 Å². The molecule has 0 amide bonds. The van der Waals surface area contributed by atoms with E-state index in [1.54, 1.807) is 19.1 Å². The first-order valence-electron chi connectivity index (χ1n) is 5.94. The highest BCUT2D eigenvalue weighted by atomic mass is 19.4. The zero-order chi connectivity index (χ0) is 15.6. The van der Waals surface area contributed by atoms with E-state index in [9.17, 15) is 23.3 Å². The molecule has 5 nitrogen and oxygen atoms in total. The van der Waals surface area contributed by atoms with Gasteiger partial charge in [-0.15, -0.1) is 0 Å². The van der Waals surface area contributed by atoms with E-state index in [0.29, 0.717) is 5.76 Å². The quantitative estimate of drug-likeness (QED) is 0.672. The van der Waals surface area contributed by atoms with E-state index in [-0.39, 0.29) is 11.7 Å². The number of anilines is 1. The maximum atomic E-state index is 12.8. The number of nitro benzene ring substituents is 1. The molecular weight excluding hydrogens is 289 g/mol. The normalized spacial score (nSPS) is 13.0. The van der Waals surface area contributed by atoms with Crippen LogP contribution in [-0.4, -0.2) is 4.92 Å². The minimum absolute atomic E-state index is 0.122. The van der Waals surface area contributed by atoms with Gasteiger partial charge in [-0.25, -0.2) is 0 Å². The molecule has 0 spiro atoms. The molecule has 1 aromatic heterocycles. The van der Waals surface area contributed by atoms with Crippen LogP contribution in [0.4, 0.5) is 24.5 Å². The lowest BCUT2D eigenvalue weighted by Gasteiger charge is -2.15. The van der Waals surface area contributed by atoms with Crippen LogP contribution in [0.2, 0.25) is 0 Å². The molecule has 2 aromatic rings. The minimum Gasteiger partial charge on any atom is -0.467 e. The summed E-state index contributed by atoms with van der Waals surface area (Å²) in [6.07, 6.45) is -3.35. The maximum Gasteiger partial charge on any atom is 0.423 e. The smallest absolute Gasteiger partial charge is 0.423 e. The molecule has 112 valence electrons. The van der Waals surface area contributed by atoms with Crippen molar-refractivity contribution in [1.82, 2.24) is 0 Å². The second-order valence-corrected chi connectivity index (χ2v) is 4.37. The number of halogens is 3. The van der Waals surface area contributed by atoms with E-state index in [4.69, 9.17) is 4.42 Å². The van der Waals surface area contributed by atoms with E-state index in [1.807, 2.05) is 0 Å². The second-order valence-electron chi connectivity index (χ2n) is 4.37. The Bertz CT molecular complexity index is 639. The van der Waals surface area contributed by atoms with E-state index in [0.717, 1.165) is 12.1 Å². The molecule has 0 aliphatic rings. The lowest BCUT2D eigenvalue weighted by molar-refractivity contribution is -0.388. The summed E-state index contributed by atoms with van der Waals surface area (Å²) in [5, 5.41) is 13.5. The molecular formula is C13H11F3N2O3. The average molecular weight is 300 g/mol. The summed E-state index contributed by atoms with van der Waals surface area (Å²) < 4.78 is 43.7. The fourth-order valence-corrected chi connectivity index (χ4v) is 1.87. The standard InChI is InChI=1S/C13H11F3N2O3/c1-8(12-3-2-6-21-12)17-9-4-5-11(18(19)20)10(7-9)13(14,15)16/h2-8,17H,1H3. The van der Waals surface area contributed by atoms with Crippen LogP contribution in [0, 0.1) is 10.1 Å². The molecule has 0 saturated heterocycles. The van der Waals surface area contributed by atoms with Gasteiger partial charge >= 0.3 is 6.18 Å². The van der Waals surface area contributed by atoms with Crippen LogP contribution >= 0.6 is 0 Å². The molecule has 0 fully saturated rings. The van der Waals surface area contributed by atoms with Crippen molar-refractivity contribution in [3.8, 4) is 0 Å². The van der Waals surface area contributed by atoms with Crippen LogP contribution in [0.3, 0.4) is 0 Å². The molecule has 0 aliphatic heterocycles. The summed E-state index contributed by atoms with van der Waals surface area (Å²) in [6, 6.07) is 5.74. The summed E-state index contributed by atoms with van der Waals surface area (Å²) in [7, 11) is 0.